The van der Waals surface area contributed by atoms with Gasteiger partial charge in [-0.25, -0.2) is 0 Å². The molecule has 1 rings (SSSR count). The van der Waals surface area contributed by atoms with Crippen molar-refractivity contribution in [2.24, 2.45) is 5.92 Å². The summed E-state index contributed by atoms with van der Waals surface area (Å²) in [5.74, 6) is 4.14. The standard InChI is InChI=1S/C13H20S2/c1-3-12(8-14)9-15-10-13-7-5-4-6-11(13)2/h4-7,12,14H,3,8-10H2,1-2H3. The predicted molar refractivity (Wildman–Crippen MR) is 75.0 cm³/mol. The van der Waals surface area contributed by atoms with Crippen LogP contribution < -0.4 is 0 Å². The van der Waals surface area contributed by atoms with Gasteiger partial charge in [0.05, 0.1) is 0 Å². The monoisotopic (exact) mass is 240 g/mol. The average molecular weight is 240 g/mol. The molecule has 0 spiro atoms. The van der Waals surface area contributed by atoms with Crippen LogP contribution in [-0.4, -0.2) is 11.5 Å². The molecule has 1 aromatic rings. The van der Waals surface area contributed by atoms with E-state index in [2.05, 4.69) is 50.7 Å². The molecule has 84 valence electrons. The van der Waals surface area contributed by atoms with E-state index in [1.807, 2.05) is 11.8 Å². The molecule has 15 heavy (non-hydrogen) atoms. The van der Waals surface area contributed by atoms with E-state index in [0.717, 1.165) is 17.4 Å². The van der Waals surface area contributed by atoms with Gasteiger partial charge in [0.2, 0.25) is 0 Å². The maximum atomic E-state index is 4.36. The van der Waals surface area contributed by atoms with E-state index in [4.69, 9.17) is 0 Å². The third-order valence-electron chi connectivity index (χ3n) is 2.71. The molecule has 0 radical (unpaired) electrons. The predicted octanol–water partition coefficient (Wildman–Crippen LogP) is 4.18. The highest BCUT2D eigenvalue weighted by Gasteiger charge is 2.04. The molecule has 1 atom stereocenters. The van der Waals surface area contributed by atoms with E-state index in [1.54, 1.807) is 0 Å². The van der Waals surface area contributed by atoms with Gasteiger partial charge in [0.25, 0.3) is 0 Å². The third kappa shape index (κ3) is 4.52. The summed E-state index contributed by atoms with van der Waals surface area (Å²) in [6.07, 6.45) is 1.24. The van der Waals surface area contributed by atoms with Gasteiger partial charge < -0.3 is 0 Å². The van der Waals surface area contributed by atoms with Crippen molar-refractivity contribution in [2.45, 2.75) is 26.0 Å². The molecule has 0 bridgehead atoms. The molecule has 0 aliphatic heterocycles. The lowest BCUT2D eigenvalue weighted by Gasteiger charge is -2.11. The van der Waals surface area contributed by atoms with Gasteiger partial charge in [-0.3, -0.25) is 0 Å². The van der Waals surface area contributed by atoms with Crippen LogP contribution in [0.25, 0.3) is 0 Å². The molecular formula is C13H20S2. The molecule has 2 heteroatoms. The maximum absolute atomic E-state index is 4.36. The molecular weight excluding hydrogens is 220 g/mol. The first-order chi connectivity index (χ1) is 7.27. The number of aryl methyl sites for hydroxylation is 1. The normalized spacial score (nSPS) is 12.7. The number of thioether (sulfide) groups is 1. The van der Waals surface area contributed by atoms with Crippen LogP contribution in [0.5, 0.6) is 0 Å². The van der Waals surface area contributed by atoms with Crippen molar-refractivity contribution in [1.29, 1.82) is 0 Å². The van der Waals surface area contributed by atoms with Gasteiger partial charge in [-0.05, 0) is 35.5 Å². The SMILES string of the molecule is CCC(CS)CSCc1ccccc1C. The van der Waals surface area contributed by atoms with Gasteiger partial charge in [-0.2, -0.15) is 24.4 Å². The molecule has 0 aromatic heterocycles. The minimum atomic E-state index is 0.766. The van der Waals surface area contributed by atoms with E-state index in [0.29, 0.717) is 0 Å². The second-order valence-electron chi connectivity index (χ2n) is 3.90. The number of hydrogen-bond donors (Lipinski definition) is 1. The largest absolute Gasteiger partial charge is 0.179 e. The van der Waals surface area contributed by atoms with Gasteiger partial charge in [0.1, 0.15) is 0 Å². The van der Waals surface area contributed by atoms with Crippen LogP contribution in [0.2, 0.25) is 0 Å². The molecule has 0 fully saturated rings. The lowest BCUT2D eigenvalue weighted by molar-refractivity contribution is 0.649. The van der Waals surface area contributed by atoms with Crippen LogP contribution in [0, 0.1) is 12.8 Å². The van der Waals surface area contributed by atoms with Crippen molar-refractivity contribution in [3.05, 3.63) is 35.4 Å². The van der Waals surface area contributed by atoms with Crippen molar-refractivity contribution in [3.63, 3.8) is 0 Å². The van der Waals surface area contributed by atoms with E-state index < -0.39 is 0 Å². The van der Waals surface area contributed by atoms with Gasteiger partial charge in [-0.1, -0.05) is 37.6 Å². The Balaban J connectivity index is 2.34. The smallest absolute Gasteiger partial charge is 0.0187 e. The Morgan fingerprint density at radius 1 is 1.33 bits per heavy atom. The summed E-state index contributed by atoms with van der Waals surface area (Å²) < 4.78 is 0. The molecule has 0 aliphatic carbocycles. The van der Waals surface area contributed by atoms with Crippen LogP contribution in [0.15, 0.2) is 24.3 Å². The summed E-state index contributed by atoms with van der Waals surface area (Å²) in [5.41, 5.74) is 2.88. The Bertz CT molecular complexity index is 280. The highest BCUT2D eigenvalue weighted by Crippen LogP contribution is 2.20. The van der Waals surface area contributed by atoms with Gasteiger partial charge >= 0.3 is 0 Å². The maximum Gasteiger partial charge on any atom is 0.0187 e. The summed E-state index contributed by atoms with van der Waals surface area (Å²) in [5, 5.41) is 0. The number of hydrogen-bond acceptors (Lipinski definition) is 2. The molecule has 0 N–H and O–H groups in total. The fourth-order valence-electron chi connectivity index (χ4n) is 1.41. The highest BCUT2D eigenvalue weighted by atomic mass is 32.2. The summed E-state index contributed by atoms with van der Waals surface area (Å²) in [6.45, 7) is 4.43. The van der Waals surface area contributed by atoms with Gasteiger partial charge in [-0.15, -0.1) is 0 Å². The van der Waals surface area contributed by atoms with E-state index in [1.165, 1.54) is 23.3 Å². The zero-order valence-electron chi connectivity index (χ0n) is 9.57. The second kappa shape index (κ2) is 7.24. The number of rotatable bonds is 6. The Morgan fingerprint density at radius 3 is 2.67 bits per heavy atom. The first kappa shape index (κ1) is 13.0. The van der Waals surface area contributed by atoms with Crippen LogP contribution in [0.1, 0.15) is 24.5 Å². The summed E-state index contributed by atoms with van der Waals surface area (Å²) in [7, 11) is 0. The molecule has 0 nitrogen and oxygen atoms in total. The summed E-state index contributed by atoms with van der Waals surface area (Å²) >= 11 is 6.39. The van der Waals surface area contributed by atoms with Crippen molar-refractivity contribution >= 4 is 24.4 Å². The van der Waals surface area contributed by atoms with E-state index in [-0.39, 0.29) is 0 Å². The molecule has 0 saturated carbocycles. The van der Waals surface area contributed by atoms with Gasteiger partial charge in [0.15, 0.2) is 0 Å². The Morgan fingerprint density at radius 2 is 2.07 bits per heavy atom. The van der Waals surface area contributed by atoms with Crippen LogP contribution in [-0.2, 0) is 5.75 Å². The minimum absolute atomic E-state index is 0.766. The zero-order valence-corrected chi connectivity index (χ0v) is 11.3. The number of thiol groups is 1. The fraction of sp³-hybridized carbons (Fsp3) is 0.538. The first-order valence-electron chi connectivity index (χ1n) is 5.51. The molecule has 0 heterocycles. The third-order valence-corrected chi connectivity index (χ3v) is 4.45. The quantitative estimate of drug-likeness (QED) is 0.728. The van der Waals surface area contributed by atoms with Crippen LogP contribution in [0.3, 0.4) is 0 Å². The average Bonchev–Trinajstić information content (AvgIpc) is 2.27. The fourth-order valence-corrected chi connectivity index (χ4v) is 3.32. The first-order valence-corrected chi connectivity index (χ1v) is 7.29. The van der Waals surface area contributed by atoms with Crippen LogP contribution in [0.4, 0.5) is 0 Å². The molecule has 0 amide bonds. The number of benzene rings is 1. The van der Waals surface area contributed by atoms with Crippen molar-refractivity contribution in [2.75, 3.05) is 11.5 Å². The summed E-state index contributed by atoms with van der Waals surface area (Å²) in [6, 6.07) is 8.64. The second-order valence-corrected chi connectivity index (χ2v) is 5.29. The molecule has 1 aromatic carbocycles. The molecule has 0 aliphatic rings. The van der Waals surface area contributed by atoms with Crippen molar-refractivity contribution in [1.82, 2.24) is 0 Å². The Hall–Kier alpha value is -0.0800. The topological polar surface area (TPSA) is 0 Å². The van der Waals surface area contributed by atoms with E-state index >= 15 is 0 Å². The highest BCUT2D eigenvalue weighted by molar-refractivity contribution is 7.98. The van der Waals surface area contributed by atoms with E-state index in [9.17, 15) is 0 Å². The van der Waals surface area contributed by atoms with Crippen molar-refractivity contribution < 1.29 is 0 Å². The molecule has 1 unspecified atom stereocenters. The Kier molecular flexibility index (Phi) is 6.26. The lowest BCUT2D eigenvalue weighted by Crippen LogP contribution is -2.04. The molecule has 0 saturated heterocycles. The summed E-state index contributed by atoms with van der Waals surface area (Å²) in [4.78, 5) is 0. The lowest BCUT2D eigenvalue weighted by atomic mass is 10.1. The van der Waals surface area contributed by atoms with Crippen LogP contribution >= 0.6 is 24.4 Å². The minimum Gasteiger partial charge on any atom is -0.179 e. The van der Waals surface area contributed by atoms with Gasteiger partial charge in [0, 0.05) is 5.75 Å². The Labute approximate surface area is 103 Å². The van der Waals surface area contributed by atoms with Crippen molar-refractivity contribution in [3.8, 4) is 0 Å². The zero-order chi connectivity index (χ0) is 11.1.